The first-order chi connectivity index (χ1) is 16.2. The van der Waals surface area contributed by atoms with Crippen molar-refractivity contribution in [2.75, 3.05) is 27.9 Å². The monoisotopic (exact) mass is 473 g/mol. The Labute approximate surface area is 199 Å². The largest absolute Gasteiger partial charge is 0.496 e. The fourth-order valence-corrected chi connectivity index (χ4v) is 3.59. The minimum absolute atomic E-state index is 0.142. The number of benzene rings is 1. The van der Waals surface area contributed by atoms with Gasteiger partial charge in [-0.2, -0.15) is 0 Å². The molecule has 0 aliphatic carbocycles. The van der Waals surface area contributed by atoms with E-state index in [-0.39, 0.29) is 25.1 Å². The Hall–Kier alpha value is -3.48. The van der Waals surface area contributed by atoms with E-state index < -0.39 is 24.1 Å². The minimum atomic E-state index is -1.08. The van der Waals surface area contributed by atoms with Gasteiger partial charge in [0.15, 0.2) is 0 Å². The predicted molar refractivity (Wildman–Crippen MR) is 124 cm³/mol. The molecule has 0 fully saturated rings. The highest BCUT2D eigenvalue weighted by Crippen LogP contribution is 2.34. The van der Waals surface area contributed by atoms with Crippen LogP contribution in [0.1, 0.15) is 46.5 Å². The molecule has 2 atom stereocenters. The van der Waals surface area contributed by atoms with Gasteiger partial charge in [-0.05, 0) is 37.1 Å². The van der Waals surface area contributed by atoms with Crippen molar-refractivity contribution in [1.82, 2.24) is 4.57 Å². The SMILES string of the molecule is CC#CCCO[C@@H](Cn1cc(CC(=O)O)c(C(=O)OC)c1)[C@H](O)c1cc(OC)c(C)c(OC)c1. The van der Waals surface area contributed by atoms with Gasteiger partial charge in [0.05, 0.1) is 46.5 Å². The smallest absolute Gasteiger partial charge is 0.339 e. The molecule has 184 valence electrons. The van der Waals surface area contributed by atoms with E-state index in [1.807, 2.05) is 6.92 Å². The van der Waals surface area contributed by atoms with Crippen molar-refractivity contribution in [3.63, 3.8) is 0 Å². The van der Waals surface area contributed by atoms with Gasteiger partial charge in [-0.3, -0.25) is 4.79 Å². The number of methoxy groups -OCH3 is 3. The van der Waals surface area contributed by atoms with Crippen LogP contribution in [-0.4, -0.2) is 60.8 Å². The third-order valence-electron chi connectivity index (χ3n) is 5.30. The molecule has 1 aromatic carbocycles. The quantitative estimate of drug-likeness (QED) is 0.275. The summed E-state index contributed by atoms with van der Waals surface area (Å²) in [7, 11) is 4.30. The molecule has 2 rings (SSSR count). The number of esters is 1. The van der Waals surface area contributed by atoms with E-state index in [0.717, 1.165) is 5.56 Å². The number of carbonyl (C=O) groups excluding carboxylic acids is 1. The van der Waals surface area contributed by atoms with E-state index >= 15 is 0 Å². The molecule has 1 heterocycles. The Morgan fingerprint density at radius 2 is 1.76 bits per heavy atom. The van der Waals surface area contributed by atoms with Gasteiger partial charge in [0.2, 0.25) is 0 Å². The van der Waals surface area contributed by atoms with Gasteiger partial charge in [-0.1, -0.05) is 0 Å². The van der Waals surface area contributed by atoms with Crippen LogP contribution in [0.4, 0.5) is 0 Å². The van der Waals surface area contributed by atoms with Crippen molar-refractivity contribution < 1.29 is 38.7 Å². The second kappa shape index (κ2) is 12.7. The van der Waals surface area contributed by atoms with Crippen molar-refractivity contribution in [2.45, 2.75) is 45.4 Å². The third kappa shape index (κ3) is 6.76. The molecule has 0 spiro atoms. The zero-order chi connectivity index (χ0) is 25.3. The number of hydrogen-bond acceptors (Lipinski definition) is 7. The molecule has 34 heavy (non-hydrogen) atoms. The lowest BCUT2D eigenvalue weighted by atomic mass is 10.0. The summed E-state index contributed by atoms with van der Waals surface area (Å²) in [6.07, 6.45) is 1.35. The normalized spacial score (nSPS) is 12.3. The highest BCUT2D eigenvalue weighted by atomic mass is 16.5. The lowest BCUT2D eigenvalue weighted by Gasteiger charge is -2.25. The predicted octanol–water partition coefficient (Wildman–Crippen LogP) is 2.76. The molecule has 0 saturated carbocycles. The summed E-state index contributed by atoms with van der Waals surface area (Å²) in [5, 5.41) is 20.4. The van der Waals surface area contributed by atoms with Crippen LogP contribution < -0.4 is 9.47 Å². The van der Waals surface area contributed by atoms with E-state index in [2.05, 4.69) is 11.8 Å². The molecule has 9 heteroatoms. The van der Waals surface area contributed by atoms with Crippen LogP contribution in [0, 0.1) is 18.8 Å². The van der Waals surface area contributed by atoms with Crippen LogP contribution in [0.25, 0.3) is 0 Å². The van der Waals surface area contributed by atoms with Crippen LogP contribution in [0.2, 0.25) is 0 Å². The van der Waals surface area contributed by atoms with Gasteiger partial charge in [0.1, 0.15) is 23.7 Å². The van der Waals surface area contributed by atoms with E-state index in [0.29, 0.717) is 29.0 Å². The average molecular weight is 474 g/mol. The first-order valence-corrected chi connectivity index (χ1v) is 10.7. The fraction of sp³-hybridized carbons (Fsp3) is 0.440. The van der Waals surface area contributed by atoms with E-state index in [9.17, 15) is 19.8 Å². The van der Waals surface area contributed by atoms with Gasteiger partial charge < -0.3 is 33.7 Å². The third-order valence-corrected chi connectivity index (χ3v) is 5.30. The molecule has 0 bridgehead atoms. The number of carbonyl (C=O) groups is 2. The highest BCUT2D eigenvalue weighted by Gasteiger charge is 2.26. The zero-order valence-electron chi connectivity index (χ0n) is 20.1. The number of hydrogen-bond donors (Lipinski definition) is 2. The molecule has 9 nitrogen and oxygen atoms in total. The fourth-order valence-electron chi connectivity index (χ4n) is 3.59. The average Bonchev–Trinajstić information content (AvgIpc) is 3.21. The number of aliphatic carboxylic acids is 1. The van der Waals surface area contributed by atoms with Crippen LogP contribution in [-0.2, 0) is 27.2 Å². The van der Waals surface area contributed by atoms with Crippen molar-refractivity contribution in [1.29, 1.82) is 0 Å². The highest BCUT2D eigenvalue weighted by molar-refractivity contribution is 5.92. The van der Waals surface area contributed by atoms with E-state index in [4.69, 9.17) is 18.9 Å². The van der Waals surface area contributed by atoms with Gasteiger partial charge in [0.25, 0.3) is 0 Å². The standard InChI is InChI=1S/C25H31NO8/c1-6-7-8-9-34-22(24(29)17-10-20(31-3)16(2)21(11-17)32-4)15-26-13-18(12-23(27)28)19(14-26)25(30)33-5/h10-11,13-14,22,24,29H,8-9,12,15H2,1-5H3,(H,27,28)/t22-,24+/m0/s1. The topological polar surface area (TPSA) is 116 Å². The van der Waals surface area contributed by atoms with Crippen molar-refractivity contribution in [3.8, 4) is 23.3 Å². The number of rotatable bonds is 12. The lowest BCUT2D eigenvalue weighted by Crippen LogP contribution is -2.28. The summed E-state index contributed by atoms with van der Waals surface area (Å²) in [4.78, 5) is 23.4. The summed E-state index contributed by atoms with van der Waals surface area (Å²) >= 11 is 0. The molecule has 0 unspecified atom stereocenters. The molecule has 0 saturated heterocycles. The Morgan fingerprint density at radius 1 is 1.12 bits per heavy atom. The summed E-state index contributed by atoms with van der Waals surface area (Å²) in [6, 6.07) is 3.44. The maximum absolute atomic E-state index is 12.1. The maximum atomic E-state index is 12.1. The van der Waals surface area contributed by atoms with Crippen LogP contribution in [0.15, 0.2) is 24.5 Å². The van der Waals surface area contributed by atoms with Gasteiger partial charge >= 0.3 is 11.9 Å². The Kier molecular flexibility index (Phi) is 9.98. The first kappa shape index (κ1) is 26.8. The molecular formula is C25H31NO8. The number of nitrogens with zero attached hydrogens (tertiary/aromatic N) is 1. The van der Waals surface area contributed by atoms with Crippen LogP contribution >= 0.6 is 0 Å². The molecule has 0 aliphatic heterocycles. The first-order valence-electron chi connectivity index (χ1n) is 10.7. The Bertz CT molecular complexity index is 1040. The molecule has 0 amide bonds. The molecule has 2 N–H and O–H groups in total. The van der Waals surface area contributed by atoms with Crippen molar-refractivity contribution in [3.05, 3.63) is 46.8 Å². The van der Waals surface area contributed by atoms with E-state index in [1.54, 1.807) is 29.8 Å². The Balaban J connectivity index is 2.41. The minimum Gasteiger partial charge on any atom is -0.496 e. The number of ether oxygens (including phenoxy) is 4. The summed E-state index contributed by atoms with van der Waals surface area (Å²) in [5.74, 6) is 5.11. The number of aliphatic hydroxyl groups is 1. The van der Waals surface area contributed by atoms with Crippen molar-refractivity contribution in [2.24, 2.45) is 0 Å². The molecule has 0 radical (unpaired) electrons. The summed E-state index contributed by atoms with van der Waals surface area (Å²) < 4.78 is 23.2. The Morgan fingerprint density at radius 3 is 2.29 bits per heavy atom. The summed E-state index contributed by atoms with van der Waals surface area (Å²) in [5.41, 5.74) is 1.77. The molecule has 0 aliphatic rings. The van der Waals surface area contributed by atoms with Crippen molar-refractivity contribution >= 4 is 11.9 Å². The number of carboxylic acid groups (broad SMARTS) is 1. The molecule has 2 aromatic rings. The zero-order valence-corrected chi connectivity index (χ0v) is 20.1. The summed E-state index contributed by atoms with van der Waals surface area (Å²) in [6.45, 7) is 4.00. The van der Waals surface area contributed by atoms with Gasteiger partial charge in [0, 0.05) is 24.4 Å². The van der Waals surface area contributed by atoms with E-state index in [1.165, 1.54) is 27.5 Å². The van der Waals surface area contributed by atoms with Crippen LogP contribution in [0.5, 0.6) is 11.5 Å². The number of aliphatic hydroxyl groups excluding tert-OH is 1. The second-order valence-corrected chi connectivity index (χ2v) is 7.54. The van der Waals surface area contributed by atoms with Gasteiger partial charge in [-0.25, -0.2) is 4.79 Å². The van der Waals surface area contributed by atoms with Crippen LogP contribution in [0.3, 0.4) is 0 Å². The second-order valence-electron chi connectivity index (χ2n) is 7.54. The molecular weight excluding hydrogens is 442 g/mol. The maximum Gasteiger partial charge on any atom is 0.339 e. The molecule has 1 aromatic heterocycles. The number of carboxylic acids is 1. The lowest BCUT2D eigenvalue weighted by molar-refractivity contribution is -0.136. The van der Waals surface area contributed by atoms with Gasteiger partial charge in [-0.15, -0.1) is 11.8 Å². The number of aromatic nitrogens is 1.